The molecule has 1 heterocycles. The number of hydrogen-bond acceptors (Lipinski definition) is 2. The summed E-state index contributed by atoms with van der Waals surface area (Å²) in [5.74, 6) is 0.885. The molecule has 1 aliphatic heterocycles. The summed E-state index contributed by atoms with van der Waals surface area (Å²) >= 11 is 0. The number of carbonyl (C=O) groups excluding carboxylic acids is 1. The van der Waals surface area contributed by atoms with Crippen LogP contribution in [0.4, 0.5) is 0 Å². The highest BCUT2D eigenvalue weighted by Crippen LogP contribution is 2.27. The maximum Gasteiger partial charge on any atom is 0.124 e. The Hall–Kier alpha value is 0.0600. The van der Waals surface area contributed by atoms with Gasteiger partial charge in [0.2, 0.25) is 0 Å². The molecule has 3 heteroatoms. The molecule has 0 amide bonds. The predicted octanol–water partition coefficient (Wildman–Crippen LogP) is 1.37. The number of rotatable bonds is 2. The van der Waals surface area contributed by atoms with Gasteiger partial charge >= 0.3 is 0 Å². The van der Waals surface area contributed by atoms with E-state index in [1.165, 1.54) is 13.0 Å². The van der Waals surface area contributed by atoms with Crippen LogP contribution in [0, 0.1) is 11.8 Å². The molecule has 1 rings (SSSR count). The van der Waals surface area contributed by atoms with Crippen molar-refractivity contribution in [1.82, 2.24) is 4.67 Å². The molecular formula is C8H16NOP. The van der Waals surface area contributed by atoms with Gasteiger partial charge in [0.25, 0.3) is 0 Å². The maximum absolute atomic E-state index is 10.6. The topological polar surface area (TPSA) is 20.3 Å². The van der Waals surface area contributed by atoms with Gasteiger partial charge < -0.3 is 4.79 Å². The van der Waals surface area contributed by atoms with Gasteiger partial charge in [-0.3, -0.25) is 4.67 Å². The average molecular weight is 173 g/mol. The molecule has 1 unspecified atom stereocenters. The lowest BCUT2D eigenvalue weighted by Crippen LogP contribution is -2.35. The van der Waals surface area contributed by atoms with Crippen molar-refractivity contribution in [3.05, 3.63) is 0 Å². The number of piperidine rings is 1. The first-order valence-electron chi connectivity index (χ1n) is 4.15. The van der Waals surface area contributed by atoms with Crippen LogP contribution in [0.15, 0.2) is 0 Å². The van der Waals surface area contributed by atoms with Crippen molar-refractivity contribution < 1.29 is 4.79 Å². The molecule has 1 saturated heterocycles. The fourth-order valence-corrected chi connectivity index (χ4v) is 2.23. The van der Waals surface area contributed by atoms with Crippen molar-refractivity contribution in [1.29, 1.82) is 0 Å². The minimum atomic E-state index is 0.288. The molecule has 0 saturated carbocycles. The summed E-state index contributed by atoms with van der Waals surface area (Å²) in [7, 11) is 0.860. The van der Waals surface area contributed by atoms with E-state index in [4.69, 9.17) is 0 Å². The third-order valence-corrected chi connectivity index (χ3v) is 3.55. The summed E-state index contributed by atoms with van der Waals surface area (Å²) in [5, 5.41) is 0. The Labute approximate surface area is 70.2 Å². The first kappa shape index (κ1) is 9.15. The van der Waals surface area contributed by atoms with E-state index in [9.17, 15) is 4.79 Å². The van der Waals surface area contributed by atoms with Crippen LogP contribution in [-0.4, -0.2) is 30.7 Å². The Morgan fingerprint density at radius 1 is 1.64 bits per heavy atom. The highest BCUT2D eigenvalue weighted by molar-refractivity contribution is 7.34. The third-order valence-electron chi connectivity index (χ3n) is 2.51. The van der Waals surface area contributed by atoms with Crippen LogP contribution < -0.4 is 0 Å². The summed E-state index contributed by atoms with van der Waals surface area (Å²) < 4.78 is 2.37. The molecule has 0 bridgehead atoms. The molecule has 0 aromatic rings. The van der Waals surface area contributed by atoms with E-state index in [-0.39, 0.29) is 5.92 Å². The minimum absolute atomic E-state index is 0.288. The second-order valence-electron chi connectivity index (χ2n) is 3.24. The summed E-state index contributed by atoms with van der Waals surface area (Å²) in [6.07, 6.45) is 2.31. The lowest BCUT2D eigenvalue weighted by molar-refractivity contribution is -0.113. The molecule has 0 aliphatic carbocycles. The van der Waals surface area contributed by atoms with Gasteiger partial charge in [-0.2, -0.15) is 0 Å². The van der Waals surface area contributed by atoms with E-state index in [1.807, 2.05) is 0 Å². The van der Waals surface area contributed by atoms with Crippen LogP contribution in [0.3, 0.4) is 0 Å². The number of hydrogen-bond donors (Lipinski definition) is 0. The molecule has 0 radical (unpaired) electrons. The van der Waals surface area contributed by atoms with Gasteiger partial charge in [-0.15, -0.1) is 0 Å². The zero-order valence-electron chi connectivity index (χ0n) is 7.21. The Kier molecular flexibility index (Phi) is 3.47. The van der Waals surface area contributed by atoms with Gasteiger partial charge in [-0.1, -0.05) is 15.7 Å². The second-order valence-corrected chi connectivity index (χ2v) is 4.32. The summed E-state index contributed by atoms with van der Waals surface area (Å²) in [6, 6.07) is 0. The summed E-state index contributed by atoms with van der Waals surface area (Å²) in [6.45, 7) is 6.52. The molecule has 0 N–H and O–H groups in total. The minimum Gasteiger partial charge on any atom is -0.303 e. The van der Waals surface area contributed by atoms with Crippen LogP contribution in [0.25, 0.3) is 0 Å². The normalized spacial score (nSPS) is 34.7. The number of carbonyl (C=O) groups is 1. The van der Waals surface area contributed by atoms with Crippen LogP contribution in [-0.2, 0) is 4.79 Å². The van der Waals surface area contributed by atoms with Crippen molar-refractivity contribution in [2.45, 2.75) is 13.3 Å². The molecule has 64 valence electrons. The average Bonchev–Trinajstić information content (AvgIpc) is 2.05. The number of aldehydes is 1. The molecule has 1 fully saturated rings. The molecule has 0 spiro atoms. The largest absolute Gasteiger partial charge is 0.303 e. The second kappa shape index (κ2) is 4.18. The molecule has 0 aromatic carbocycles. The fourth-order valence-electron chi connectivity index (χ4n) is 1.48. The highest BCUT2D eigenvalue weighted by Gasteiger charge is 2.24. The molecular weight excluding hydrogens is 157 g/mol. The van der Waals surface area contributed by atoms with Gasteiger partial charge in [0, 0.05) is 19.0 Å². The van der Waals surface area contributed by atoms with Crippen molar-refractivity contribution in [2.24, 2.45) is 11.8 Å². The van der Waals surface area contributed by atoms with E-state index >= 15 is 0 Å². The van der Waals surface area contributed by atoms with Gasteiger partial charge in [0.1, 0.15) is 6.29 Å². The fraction of sp³-hybridized carbons (Fsp3) is 0.875. The molecule has 11 heavy (non-hydrogen) atoms. The lowest BCUT2D eigenvalue weighted by Gasteiger charge is -2.33. The highest BCUT2D eigenvalue weighted by atomic mass is 31.1. The zero-order valence-corrected chi connectivity index (χ0v) is 8.21. The van der Waals surface area contributed by atoms with E-state index in [0.29, 0.717) is 5.92 Å². The van der Waals surface area contributed by atoms with Gasteiger partial charge in [-0.05, 0) is 19.0 Å². The van der Waals surface area contributed by atoms with E-state index in [2.05, 4.69) is 18.3 Å². The first-order chi connectivity index (χ1) is 5.27. The Morgan fingerprint density at radius 3 is 2.91 bits per heavy atom. The van der Waals surface area contributed by atoms with Crippen molar-refractivity contribution in [3.63, 3.8) is 0 Å². The van der Waals surface area contributed by atoms with Gasteiger partial charge in [0.05, 0.1) is 0 Å². The van der Waals surface area contributed by atoms with Gasteiger partial charge in [-0.25, -0.2) is 0 Å². The van der Waals surface area contributed by atoms with Crippen molar-refractivity contribution >= 4 is 15.0 Å². The quantitative estimate of drug-likeness (QED) is 0.464. The molecule has 2 nitrogen and oxygen atoms in total. The summed E-state index contributed by atoms with van der Waals surface area (Å²) in [5.41, 5.74) is 0. The smallest absolute Gasteiger partial charge is 0.124 e. The van der Waals surface area contributed by atoms with Crippen molar-refractivity contribution in [3.8, 4) is 0 Å². The van der Waals surface area contributed by atoms with Crippen LogP contribution in [0.5, 0.6) is 0 Å². The number of nitrogens with zero attached hydrogens (tertiary/aromatic N) is 1. The zero-order chi connectivity index (χ0) is 8.27. The Balaban J connectivity index is 2.43. The lowest BCUT2D eigenvalue weighted by atomic mass is 9.89. The standard InChI is InChI=1S/C8H16NOP/c1-7-3-4-9(11-2)5-8(7)6-10/h6-8,11H,3-5H2,1-2H3/t7-,8-/m0/s1. The monoisotopic (exact) mass is 173 g/mol. The van der Waals surface area contributed by atoms with Crippen LogP contribution in [0.1, 0.15) is 13.3 Å². The summed E-state index contributed by atoms with van der Waals surface area (Å²) in [4.78, 5) is 10.6. The SMILES string of the molecule is CPN1CC[C@H](C)[C@H](C=O)C1. The molecule has 0 aromatic heterocycles. The van der Waals surface area contributed by atoms with E-state index < -0.39 is 0 Å². The third kappa shape index (κ3) is 2.25. The molecule has 3 atom stereocenters. The van der Waals surface area contributed by atoms with Crippen LogP contribution in [0.2, 0.25) is 0 Å². The van der Waals surface area contributed by atoms with Crippen LogP contribution >= 0.6 is 8.73 Å². The molecule has 1 aliphatic rings. The van der Waals surface area contributed by atoms with E-state index in [0.717, 1.165) is 21.6 Å². The Bertz CT molecular complexity index is 140. The van der Waals surface area contributed by atoms with E-state index in [1.54, 1.807) is 0 Å². The Morgan fingerprint density at radius 2 is 2.36 bits per heavy atom. The van der Waals surface area contributed by atoms with Gasteiger partial charge in [0.15, 0.2) is 0 Å². The predicted molar refractivity (Wildman–Crippen MR) is 49.1 cm³/mol. The first-order valence-corrected chi connectivity index (χ1v) is 5.60. The maximum atomic E-state index is 10.6. The van der Waals surface area contributed by atoms with Crippen molar-refractivity contribution in [2.75, 3.05) is 19.8 Å².